The normalized spacial score (nSPS) is 16.5. The SMILES string of the molecule is Cc1cscc1-c1ccc(N2CCC(NS(=O)(=O)c3ccc4cc(Cl)ccc4c3)C2=O)c(F)c1. The summed E-state index contributed by atoms with van der Waals surface area (Å²) in [7, 11) is -3.96. The summed E-state index contributed by atoms with van der Waals surface area (Å²) in [5.41, 5.74) is 2.89. The van der Waals surface area contributed by atoms with Gasteiger partial charge < -0.3 is 4.90 Å². The molecule has 174 valence electrons. The van der Waals surface area contributed by atoms with Gasteiger partial charge in [-0.2, -0.15) is 16.1 Å². The highest BCUT2D eigenvalue weighted by molar-refractivity contribution is 7.89. The molecule has 0 bridgehead atoms. The molecule has 5 nitrogen and oxygen atoms in total. The van der Waals surface area contributed by atoms with Crippen molar-refractivity contribution >= 4 is 55.3 Å². The van der Waals surface area contributed by atoms with E-state index in [1.807, 2.05) is 17.7 Å². The number of nitrogens with zero attached hydrogens (tertiary/aromatic N) is 1. The molecule has 34 heavy (non-hydrogen) atoms. The Kier molecular flexibility index (Phi) is 5.93. The highest BCUT2D eigenvalue weighted by atomic mass is 35.5. The van der Waals surface area contributed by atoms with Crippen LogP contribution < -0.4 is 9.62 Å². The van der Waals surface area contributed by atoms with Crippen LogP contribution in [0.5, 0.6) is 0 Å². The number of aryl methyl sites for hydroxylation is 1. The lowest BCUT2D eigenvalue weighted by molar-refractivity contribution is -0.118. The number of anilines is 1. The van der Waals surface area contributed by atoms with E-state index in [4.69, 9.17) is 11.6 Å². The van der Waals surface area contributed by atoms with Crippen molar-refractivity contribution in [2.75, 3.05) is 11.4 Å². The molecule has 0 radical (unpaired) electrons. The van der Waals surface area contributed by atoms with E-state index in [2.05, 4.69) is 4.72 Å². The van der Waals surface area contributed by atoms with Gasteiger partial charge in [0.25, 0.3) is 0 Å². The Bertz CT molecular complexity index is 1530. The Labute approximate surface area is 205 Å². The van der Waals surface area contributed by atoms with Crippen LogP contribution in [0, 0.1) is 12.7 Å². The summed E-state index contributed by atoms with van der Waals surface area (Å²) in [4.78, 5) is 14.4. The molecule has 0 saturated carbocycles. The van der Waals surface area contributed by atoms with Crippen molar-refractivity contribution in [1.82, 2.24) is 4.72 Å². The average Bonchev–Trinajstić information content (AvgIpc) is 3.38. The number of amides is 1. The molecule has 1 fully saturated rings. The first kappa shape index (κ1) is 23.0. The number of benzene rings is 3. The largest absolute Gasteiger partial charge is 0.308 e. The number of thiophene rings is 1. The molecule has 1 atom stereocenters. The maximum Gasteiger partial charge on any atom is 0.245 e. The van der Waals surface area contributed by atoms with E-state index in [9.17, 15) is 17.6 Å². The van der Waals surface area contributed by atoms with Gasteiger partial charge in [0.2, 0.25) is 15.9 Å². The molecule has 1 aliphatic rings. The Balaban J connectivity index is 1.36. The molecule has 1 aromatic heterocycles. The van der Waals surface area contributed by atoms with E-state index in [-0.39, 0.29) is 23.5 Å². The number of hydrogen-bond acceptors (Lipinski definition) is 4. The van der Waals surface area contributed by atoms with Gasteiger partial charge in [-0.3, -0.25) is 4.79 Å². The van der Waals surface area contributed by atoms with E-state index >= 15 is 0 Å². The first-order valence-corrected chi connectivity index (χ1v) is 13.4. The van der Waals surface area contributed by atoms with Crippen molar-refractivity contribution < 1.29 is 17.6 Å². The van der Waals surface area contributed by atoms with Gasteiger partial charge in [0, 0.05) is 11.6 Å². The van der Waals surface area contributed by atoms with Crippen molar-refractivity contribution in [1.29, 1.82) is 0 Å². The van der Waals surface area contributed by atoms with Crippen molar-refractivity contribution in [3.8, 4) is 11.1 Å². The standard InChI is InChI=1S/C25H20ClFN2O3S2/c1-15-13-33-14-21(15)18-4-7-24(22(27)12-18)29-9-8-23(25(29)30)28-34(31,32)20-6-3-16-10-19(26)5-2-17(16)11-20/h2-7,10-14,23,28H,8-9H2,1H3. The molecule has 1 aliphatic heterocycles. The Morgan fingerprint density at radius 1 is 1.06 bits per heavy atom. The molecule has 1 N–H and O–H groups in total. The van der Waals surface area contributed by atoms with Crippen molar-refractivity contribution in [3.63, 3.8) is 0 Å². The van der Waals surface area contributed by atoms with Crippen LogP contribution in [0.25, 0.3) is 21.9 Å². The van der Waals surface area contributed by atoms with E-state index in [1.165, 1.54) is 23.1 Å². The zero-order chi connectivity index (χ0) is 24.0. The summed E-state index contributed by atoms with van der Waals surface area (Å²) >= 11 is 7.54. The molecule has 5 rings (SSSR count). The van der Waals surface area contributed by atoms with Crippen molar-refractivity contribution in [3.05, 3.63) is 81.8 Å². The van der Waals surface area contributed by atoms with Gasteiger partial charge in [-0.15, -0.1) is 0 Å². The number of carbonyl (C=O) groups excluding carboxylic acids is 1. The van der Waals surface area contributed by atoms with E-state index in [0.717, 1.165) is 27.5 Å². The topological polar surface area (TPSA) is 66.5 Å². The summed E-state index contributed by atoms with van der Waals surface area (Å²) in [6.45, 7) is 2.18. The van der Waals surface area contributed by atoms with Crippen LogP contribution in [-0.2, 0) is 14.8 Å². The first-order chi connectivity index (χ1) is 16.2. The van der Waals surface area contributed by atoms with Gasteiger partial charge in [0.05, 0.1) is 10.6 Å². The Morgan fingerprint density at radius 2 is 1.82 bits per heavy atom. The number of carbonyl (C=O) groups is 1. The smallest absolute Gasteiger partial charge is 0.245 e. The summed E-state index contributed by atoms with van der Waals surface area (Å²) < 4.78 is 43.4. The first-order valence-electron chi connectivity index (χ1n) is 10.6. The summed E-state index contributed by atoms with van der Waals surface area (Å²) in [5, 5.41) is 6.04. The predicted molar refractivity (Wildman–Crippen MR) is 134 cm³/mol. The predicted octanol–water partition coefficient (Wildman–Crippen LogP) is 5.75. The van der Waals surface area contributed by atoms with Gasteiger partial charge in [-0.05, 0) is 88.0 Å². The second-order valence-corrected chi connectivity index (χ2v) is 11.1. The third kappa shape index (κ3) is 4.22. The number of rotatable bonds is 5. The fraction of sp³-hybridized carbons (Fsp3) is 0.160. The second-order valence-electron chi connectivity index (χ2n) is 8.24. The molecular formula is C25H20ClFN2O3S2. The van der Waals surface area contributed by atoms with Crippen LogP contribution in [0.3, 0.4) is 0 Å². The zero-order valence-electron chi connectivity index (χ0n) is 18.1. The van der Waals surface area contributed by atoms with Crippen LogP contribution in [-0.4, -0.2) is 26.9 Å². The molecule has 0 spiro atoms. The number of halogens is 2. The molecule has 1 unspecified atom stereocenters. The van der Waals surface area contributed by atoms with Gasteiger partial charge in [-0.1, -0.05) is 29.8 Å². The fourth-order valence-electron chi connectivity index (χ4n) is 4.20. The minimum absolute atomic E-state index is 0.0511. The quantitative estimate of drug-likeness (QED) is 0.368. The minimum Gasteiger partial charge on any atom is -0.308 e. The molecule has 1 amide bonds. The maximum absolute atomic E-state index is 15.0. The third-order valence-corrected chi connectivity index (χ3v) is 8.56. The molecular weight excluding hydrogens is 495 g/mol. The Morgan fingerprint density at radius 3 is 2.56 bits per heavy atom. The van der Waals surface area contributed by atoms with E-state index < -0.39 is 27.8 Å². The van der Waals surface area contributed by atoms with E-state index in [0.29, 0.717) is 5.02 Å². The van der Waals surface area contributed by atoms with Crippen LogP contribution >= 0.6 is 22.9 Å². The second kappa shape index (κ2) is 8.78. The molecule has 3 aromatic carbocycles. The van der Waals surface area contributed by atoms with Crippen LogP contribution in [0.4, 0.5) is 10.1 Å². The number of fused-ring (bicyclic) bond motifs is 1. The number of hydrogen-bond donors (Lipinski definition) is 1. The molecule has 2 heterocycles. The Hall–Kier alpha value is -2.78. The lowest BCUT2D eigenvalue weighted by Crippen LogP contribution is -2.41. The minimum atomic E-state index is -3.96. The third-order valence-electron chi connectivity index (χ3n) is 5.99. The zero-order valence-corrected chi connectivity index (χ0v) is 20.5. The van der Waals surface area contributed by atoms with E-state index in [1.54, 1.807) is 47.7 Å². The summed E-state index contributed by atoms with van der Waals surface area (Å²) in [5.74, 6) is -0.998. The van der Waals surface area contributed by atoms with Crippen LogP contribution in [0.1, 0.15) is 12.0 Å². The highest BCUT2D eigenvalue weighted by Crippen LogP contribution is 2.32. The van der Waals surface area contributed by atoms with Gasteiger partial charge >= 0.3 is 0 Å². The van der Waals surface area contributed by atoms with Crippen LogP contribution in [0.15, 0.2) is 70.3 Å². The molecule has 1 saturated heterocycles. The van der Waals surface area contributed by atoms with Gasteiger partial charge in [0.15, 0.2) is 0 Å². The van der Waals surface area contributed by atoms with Crippen molar-refractivity contribution in [2.45, 2.75) is 24.3 Å². The molecule has 4 aromatic rings. The van der Waals surface area contributed by atoms with Gasteiger partial charge in [-0.25, -0.2) is 12.8 Å². The summed E-state index contributed by atoms with van der Waals surface area (Å²) in [6, 6.07) is 13.7. The molecule has 9 heteroatoms. The maximum atomic E-state index is 15.0. The van der Waals surface area contributed by atoms with Gasteiger partial charge in [0.1, 0.15) is 11.9 Å². The highest BCUT2D eigenvalue weighted by Gasteiger charge is 2.36. The molecule has 0 aliphatic carbocycles. The number of sulfonamides is 1. The number of nitrogens with one attached hydrogen (secondary N) is 1. The van der Waals surface area contributed by atoms with Crippen LogP contribution in [0.2, 0.25) is 5.02 Å². The average molecular weight is 515 g/mol. The monoisotopic (exact) mass is 514 g/mol. The lowest BCUT2D eigenvalue weighted by Gasteiger charge is -2.19. The lowest BCUT2D eigenvalue weighted by atomic mass is 10.0. The fourth-order valence-corrected chi connectivity index (χ4v) is 6.49. The summed E-state index contributed by atoms with van der Waals surface area (Å²) in [6.07, 6.45) is 0.242. The van der Waals surface area contributed by atoms with Crippen molar-refractivity contribution in [2.24, 2.45) is 0 Å².